The van der Waals surface area contributed by atoms with Gasteiger partial charge in [0.25, 0.3) is 5.91 Å². The molecule has 218 valence electrons. The lowest BCUT2D eigenvalue weighted by atomic mass is 10.2. The summed E-state index contributed by atoms with van der Waals surface area (Å²) in [5, 5.41) is 2.68. The molecule has 0 bridgehead atoms. The normalized spacial score (nSPS) is 17.3. The molecular weight excluding hydrogens is 578 g/mol. The van der Waals surface area contributed by atoms with Gasteiger partial charge in [-0.2, -0.15) is 4.72 Å². The molecule has 3 amide bonds. The number of anilines is 1. The summed E-state index contributed by atoms with van der Waals surface area (Å²) in [4.78, 5) is 44.3. The number of thiophene rings is 1. The minimum atomic E-state index is -4.21. The number of benzene rings is 1. The lowest BCUT2D eigenvalue weighted by Gasteiger charge is -2.36. The highest BCUT2D eigenvalue weighted by Gasteiger charge is 2.33. The molecule has 0 spiro atoms. The van der Waals surface area contributed by atoms with E-state index in [0.29, 0.717) is 72.6 Å². The number of halogens is 1. The van der Waals surface area contributed by atoms with Crippen LogP contribution in [0.15, 0.2) is 35.2 Å². The molecular formula is C26H34ClN5O6S2. The highest BCUT2D eigenvalue weighted by molar-refractivity contribution is 7.89. The number of ether oxygens (including phenoxy) is 1. The van der Waals surface area contributed by atoms with Crippen molar-refractivity contribution in [3.63, 3.8) is 0 Å². The summed E-state index contributed by atoms with van der Waals surface area (Å²) in [5.41, 5.74) is 0.948. The Balaban J connectivity index is 1.54. The van der Waals surface area contributed by atoms with Gasteiger partial charge in [-0.25, -0.2) is 8.42 Å². The van der Waals surface area contributed by atoms with Crippen molar-refractivity contribution < 1.29 is 27.5 Å². The van der Waals surface area contributed by atoms with E-state index >= 15 is 0 Å². The third-order valence-electron chi connectivity index (χ3n) is 7.06. The van der Waals surface area contributed by atoms with Gasteiger partial charge in [-0.3, -0.25) is 19.3 Å². The Kier molecular flexibility index (Phi) is 10.2. The summed E-state index contributed by atoms with van der Waals surface area (Å²) < 4.78 is 35.4. The van der Waals surface area contributed by atoms with Crippen molar-refractivity contribution in [3.05, 3.63) is 45.1 Å². The van der Waals surface area contributed by atoms with Crippen LogP contribution in [-0.4, -0.2) is 102 Å². The Morgan fingerprint density at radius 3 is 2.50 bits per heavy atom. The van der Waals surface area contributed by atoms with Crippen molar-refractivity contribution in [1.29, 1.82) is 0 Å². The molecule has 0 unspecified atom stereocenters. The Hall–Kier alpha value is -2.55. The maximum Gasteiger partial charge on any atom is 0.261 e. The molecule has 0 radical (unpaired) electrons. The fraction of sp³-hybridized carbons (Fsp3) is 0.500. The van der Waals surface area contributed by atoms with Gasteiger partial charge in [-0.05, 0) is 43.2 Å². The van der Waals surface area contributed by atoms with Crippen LogP contribution >= 0.6 is 22.9 Å². The summed E-state index contributed by atoms with van der Waals surface area (Å²) in [6, 6.07) is 6.67. The number of nitrogens with one attached hydrogen (secondary N) is 2. The van der Waals surface area contributed by atoms with Gasteiger partial charge < -0.3 is 19.9 Å². The number of hydrogen-bond donors (Lipinski definition) is 2. The molecule has 1 atom stereocenters. The minimum absolute atomic E-state index is 0.0248. The number of hydrogen-bond acceptors (Lipinski definition) is 8. The van der Waals surface area contributed by atoms with E-state index in [9.17, 15) is 22.8 Å². The van der Waals surface area contributed by atoms with Crippen LogP contribution in [0, 0.1) is 6.92 Å². The SMILES string of the molecule is COCCN1CCN(C(=O)[C@H](CNC(=O)c2ccc(Cl)s2)NS(=O)(=O)c2cccc(N3CCCC3=O)c2C)CC1. The van der Waals surface area contributed by atoms with Crippen LogP contribution in [-0.2, 0) is 24.3 Å². The second kappa shape index (κ2) is 13.4. The van der Waals surface area contributed by atoms with Crippen molar-refractivity contribution in [1.82, 2.24) is 19.8 Å². The minimum Gasteiger partial charge on any atom is -0.383 e. The van der Waals surface area contributed by atoms with E-state index in [-0.39, 0.29) is 17.3 Å². The third kappa shape index (κ3) is 7.20. The van der Waals surface area contributed by atoms with E-state index in [2.05, 4.69) is 14.9 Å². The monoisotopic (exact) mass is 611 g/mol. The van der Waals surface area contributed by atoms with Crippen LogP contribution in [0.3, 0.4) is 0 Å². The van der Waals surface area contributed by atoms with E-state index in [0.717, 1.165) is 17.9 Å². The molecule has 2 fully saturated rings. The summed E-state index contributed by atoms with van der Waals surface area (Å²) in [6.45, 7) is 5.32. The molecule has 14 heteroatoms. The van der Waals surface area contributed by atoms with Crippen molar-refractivity contribution >= 4 is 56.4 Å². The molecule has 4 rings (SSSR count). The van der Waals surface area contributed by atoms with Gasteiger partial charge >= 0.3 is 0 Å². The van der Waals surface area contributed by atoms with Crippen molar-refractivity contribution in [2.45, 2.75) is 30.7 Å². The Morgan fingerprint density at radius 1 is 1.12 bits per heavy atom. The van der Waals surface area contributed by atoms with Gasteiger partial charge in [-0.1, -0.05) is 17.7 Å². The largest absolute Gasteiger partial charge is 0.383 e. The molecule has 1 aromatic heterocycles. The average Bonchev–Trinajstić information content (AvgIpc) is 3.57. The first-order valence-corrected chi connectivity index (χ1v) is 15.7. The molecule has 3 heterocycles. The van der Waals surface area contributed by atoms with Crippen LogP contribution < -0.4 is 14.9 Å². The molecule has 2 aliphatic rings. The quantitative estimate of drug-likeness (QED) is 0.396. The molecule has 2 N–H and O–H groups in total. The smallest absolute Gasteiger partial charge is 0.261 e. The first-order valence-electron chi connectivity index (χ1n) is 13.1. The fourth-order valence-corrected chi connectivity index (χ4v) is 7.28. The fourth-order valence-electron chi connectivity index (χ4n) is 4.87. The zero-order valence-corrected chi connectivity index (χ0v) is 24.9. The number of nitrogens with zero attached hydrogens (tertiary/aromatic N) is 3. The van der Waals surface area contributed by atoms with Gasteiger partial charge in [0.1, 0.15) is 6.04 Å². The third-order valence-corrected chi connectivity index (χ3v) is 9.91. The van der Waals surface area contributed by atoms with E-state index in [1.54, 1.807) is 48.1 Å². The zero-order valence-electron chi connectivity index (χ0n) is 22.5. The molecule has 1 aromatic carbocycles. The number of rotatable bonds is 11. The summed E-state index contributed by atoms with van der Waals surface area (Å²) in [7, 11) is -2.57. The van der Waals surface area contributed by atoms with Gasteiger partial charge in [0.2, 0.25) is 21.8 Å². The molecule has 2 saturated heterocycles. The van der Waals surface area contributed by atoms with Crippen LogP contribution in [0.1, 0.15) is 28.1 Å². The summed E-state index contributed by atoms with van der Waals surface area (Å²) >= 11 is 7.04. The first kappa shape index (κ1) is 30.4. The molecule has 2 aliphatic heterocycles. The maximum absolute atomic E-state index is 13.7. The number of methoxy groups -OCH3 is 1. The first-order chi connectivity index (χ1) is 19.1. The lowest BCUT2D eigenvalue weighted by Crippen LogP contribution is -2.58. The van der Waals surface area contributed by atoms with Gasteiger partial charge in [0.05, 0.1) is 20.7 Å². The average molecular weight is 612 g/mol. The molecule has 0 aliphatic carbocycles. The standard InChI is InChI=1S/C26H34ClN5O6S2/c1-18-20(32-10-4-7-24(32)33)5-3-6-22(18)40(36,37)29-19(17-28-25(34)21-8-9-23(27)39-21)26(35)31-13-11-30(12-14-31)15-16-38-2/h3,5-6,8-9,19,29H,4,7,10-17H2,1-2H3,(H,28,34)/t19-/m0/s1. The van der Waals surface area contributed by atoms with E-state index < -0.39 is 27.9 Å². The highest BCUT2D eigenvalue weighted by atomic mass is 35.5. The summed E-state index contributed by atoms with van der Waals surface area (Å²) in [6.07, 6.45) is 1.12. The number of sulfonamides is 1. The Bertz CT molecular complexity index is 1340. The van der Waals surface area contributed by atoms with Crippen LogP contribution in [0.4, 0.5) is 5.69 Å². The molecule has 2 aromatic rings. The second-order valence-electron chi connectivity index (χ2n) is 9.70. The number of amides is 3. The lowest BCUT2D eigenvalue weighted by molar-refractivity contribution is -0.134. The van der Waals surface area contributed by atoms with E-state index in [1.807, 2.05) is 0 Å². The van der Waals surface area contributed by atoms with E-state index in [1.165, 1.54) is 6.07 Å². The number of piperazine rings is 1. The van der Waals surface area contributed by atoms with Crippen molar-refractivity contribution in [2.75, 3.05) is 64.4 Å². The maximum atomic E-state index is 13.7. The van der Waals surface area contributed by atoms with Crippen LogP contribution in [0.25, 0.3) is 0 Å². The van der Waals surface area contributed by atoms with Crippen LogP contribution in [0.2, 0.25) is 4.34 Å². The molecule has 11 nitrogen and oxygen atoms in total. The number of carbonyl (C=O) groups excluding carboxylic acids is 3. The van der Waals surface area contributed by atoms with Gasteiger partial charge in [0.15, 0.2) is 0 Å². The molecule has 40 heavy (non-hydrogen) atoms. The number of carbonyl (C=O) groups is 3. The van der Waals surface area contributed by atoms with Gasteiger partial charge in [-0.15, -0.1) is 11.3 Å². The van der Waals surface area contributed by atoms with Crippen molar-refractivity contribution in [3.8, 4) is 0 Å². The Labute approximate surface area is 243 Å². The van der Waals surface area contributed by atoms with E-state index in [4.69, 9.17) is 16.3 Å². The second-order valence-corrected chi connectivity index (χ2v) is 13.1. The predicted octanol–water partition coefficient (Wildman–Crippen LogP) is 1.70. The predicted molar refractivity (Wildman–Crippen MR) is 153 cm³/mol. The topological polar surface area (TPSA) is 128 Å². The Morgan fingerprint density at radius 2 is 1.88 bits per heavy atom. The van der Waals surface area contributed by atoms with Crippen LogP contribution in [0.5, 0.6) is 0 Å². The molecule has 0 saturated carbocycles. The summed E-state index contributed by atoms with van der Waals surface area (Å²) in [5.74, 6) is -0.938. The van der Waals surface area contributed by atoms with Gasteiger partial charge in [0, 0.05) is 65.0 Å². The highest BCUT2D eigenvalue weighted by Crippen LogP contribution is 2.29. The zero-order chi connectivity index (χ0) is 28.9. The van der Waals surface area contributed by atoms with Crippen molar-refractivity contribution in [2.24, 2.45) is 0 Å².